The topological polar surface area (TPSA) is 37.8 Å². The van der Waals surface area contributed by atoms with Gasteiger partial charge in [0, 0.05) is 30.2 Å². The Morgan fingerprint density at radius 2 is 1.59 bits per heavy atom. The molecule has 1 heterocycles. The minimum absolute atomic E-state index is 0.734. The van der Waals surface area contributed by atoms with E-state index in [4.69, 9.17) is 0 Å². The van der Waals surface area contributed by atoms with Crippen LogP contribution in [0.1, 0.15) is 35.4 Å². The fourth-order valence-electron chi connectivity index (χ4n) is 2.98. The van der Waals surface area contributed by atoms with E-state index in [2.05, 4.69) is 83.9 Å². The highest BCUT2D eigenvalue weighted by Crippen LogP contribution is 2.23. The van der Waals surface area contributed by atoms with Gasteiger partial charge < -0.3 is 5.32 Å². The molecule has 1 aromatic heterocycles. The first-order chi connectivity index (χ1) is 13.1. The van der Waals surface area contributed by atoms with Crippen LogP contribution in [0.2, 0.25) is 0 Å². The minimum atomic E-state index is 0.734. The van der Waals surface area contributed by atoms with Crippen molar-refractivity contribution in [1.29, 1.82) is 0 Å². The van der Waals surface area contributed by atoms with E-state index in [-0.39, 0.29) is 0 Å². The van der Waals surface area contributed by atoms with E-state index in [0.717, 1.165) is 42.0 Å². The average molecular weight is 355 g/mol. The van der Waals surface area contributed by atoms with E-state index < -0.39 is 0 Å². The smallest absolute Gasteiger partial charge is 0.132 e. The molecule has 0 radical (unpaired) electrons. The molecule has 0 aliphatic rings. The summed E-state index contributed by atoms with van der Waals surface area (Å²) in [6.07, 6.45) is 6.02. The van der Waals surface area contributed by atoms with Crippen LogP contribution in [0.5, 0.6) is 0 Å². The highest BCUT2D eigenvalue weighted by molar-refractivity contribution is 5.66. The van der Waals surface area contributed by atoms with Gasteiger partial charge >= 0.3 is 0 Å². The zero-order chi connectivity index (χ0) is 19.1. The predicted octanol–water partition coefficient (Wildman–Crippen LogP) is 5.80. The zero-order valence-electron chi connectivity index (χ0n) is 15.8. The van der Waals surface area contributed by atoms with Gasteiger partial charge in [-0.1, -0.05) is 49.6 Å². The molecule has 0 atom stereocenters. The maximum absolute atomic E-state index is 4.27. The van der Waals surface area contributed by atoms with Crippen LogP contribution in [0.3, 0.4) is 0 Å². The molecule has 0 saturated carbocycles. The van der Waals surface area contributed by atoms with Crippen LogP contribution in [-0.4, -0.2) is 9.97 Å². The van der Waals surface area contributed by atoms with Crippen LogP contribution in [0, 0.1) is 6.92 Å². The Morgan fingerprint density at radius 1 is 0.889 bits per heavy atom. The number of nitrogens with zero attached hydrogens (tertiary/aromatic N) is 2. The Balaban J connectivity index is 1.50. The Hall–Kier alpha value is -3.20. The van der Waals surface area contributed by atoms with Crippen molar-refractivity contribution in [2.45, 2.75) is 26.2 Å². The fraction of sp³-hybridized carbons (Fsp3) is 0.167. The maximum Gasteiger partial charge on any atom is 0.132 e. The number of nitrogens with one attached hydrogen (secondary N) is 1. The van der Waals surface area contributed by atoms with Crippen molar-refractivity contribution in [3.05, 3.63) is 108 Å². The molecule has 136 valence electrons. The van der Waals surface area contributed by atoms with Gasteiger partial charge in [-0.25, -0.2) is 9.97 Å². The maximum atomic E-state index is 4.27. The van der Waals surface area contributed by atoms with Gasteiger partial charge in [0.05, 0.1) is 0 Å². The number of anilines is 1. The van der Waals surface area contributed by atoms with Crippen molar-refractivity contribution in [1.82, 2.24) is 9.97 Å². The van der Waals surface area contributed by atoms with Gasteiger partial charge in [-0.15, -0.1) is 0 Å². The first-order valence-corrected chi connectivity index (χ1v) is 9.15. The normalized spacial score (nSPS) is 10.4. The number of benzene rings is 2. The highest BCUT2D eigenvalue weighted by atomic mass is 14.9. The summed E-state index contributed by atoms with van der Waals surface area (Å²) in [5.41, 5.74) is 6.86. The van der Waals surface area contributed by atoms with E-state index in [1.165, 1.54) is 16.7 Å². The summed E-state index contributed by atoms with van der Waals surface area (Å²) in [6.45, 7) is 10.5. The quantitative estimate of drug-likeness (QED) is 0.555. The summed E-state index contributed by atoms with van der Waals surface area (Å²) in [5.74, 6) is 0.831. The third kappa shape index (κ3) is 5.38. The third-order valence-corrected chi connectivity index (χ3v) is 4.51. The number of hydrogen-bond acceptors (Lipinski definition) is 3. The fourth-order valence-corrected chi connectivity index (χ4v) is 2.98. The molecule has 0 bridgehead atoms. The van der Waals surface area contributed by atoms with E-state index in [1.807, 2.05) is 6.07 Å². The standard InChI is InChI=1S/C24H25N3/c1-18-7-4-5-8-23(18)19(2)9-10-20(3)27-22-13-11-21(12-14-22)17-24-25-15-6-16-26-24/h4-8,11-16,27H,2-3,9-10,17H2,1H3. The minimum Gasteiger partial charge on any atom is -0.359 e. The monoisotopic (exact) mass is 355 g/mol. The Kier molecular flexibility index (Phi) is 6.16. The first-order valence-electron chi connectivity index (χ1n) is 9.15. The van der Waals surface area contributed by atoms with Crippen molar-refractivity contribution >= 4 is 11.3 Å². The van der Waals surface area contributed by atoms with Gasteiger partial charge in [-0.05, 0) is 60.2 Å². The number of aryl methyl sites for hydroxylation is 1. The third-order valence-electron chi connectivity index (χ3n) is 4.51. The summed E-state index contributed by atoms with van der Waals surface area (Å²) >= 11 is 0. The number of aromatic nitrogens is 2. The van der Waals surface area contributed by atoms with Gasteiger partial charge in [-0.3, -0.25) is 0 Å². The summed E-state index contributed by atoms with van der Waals surface area (Å²) < 4.78 is 0. The van der Waals surface area contributed by atoms with Crippen LogP contribution >= 0.6 is 0 Å². The SMILES string of the molecule is C=C(CCC(=C)c1ccccc1C)Nc1ccc(Cc2ncccn2)cc1. The molecule has 0 aliphatic heterocycles. The van der Waals surface area contributed by atoms with Crippen LogP contribution in [0.4, 0.5) is 5.69 Å². The average Bonchev–Trinajstić information content (AvgIpc) is 2.69. The molecular weight excluding hydrogens is 330 g/mol. The molecule has 3 nitrogen and oxygen atoms in total. The molecular formula is C24H25N3. The molecule has 1 N–H and O–H groups in total. The lowest BCUT2D eigenvalue weighted by Gasteiger charge is -2.13. The van der Waals surface area contributed by atoms with Gasteiger partial charge in [0.15, 0.2) is 0 Å². The molecule has 3 aromatic rings. The lowest BCUT2D eigenvalue weighted by molar-refractivity contribution is 0.967. The van der Waals surface area contributed by atoms with Gasteiger partial charge in [0.25, 0.3) is 0 Å². The molecule has 3 heteroatoms. The summed E-state index contributed by atoms with van der Waals surface area (Å²) in [6, 6.07) is 18.5. The van der Waals surface area contributed by atoms with Crippen molar-refractivity contribution < 1.29 is 0 Å². The largest absolute Gasteiger partial charge is 0.359 e. The van der Waals surface area contributed by atoms with Crippen molar-refractivity contribution in [2.24, 2.45) is 0 Å². The molecule has 0 spiro atoms. The summed E-state index contributed by atoms with van der Waals surface area (Å²) in [5, 5.41) is 3.39. The number of hydrogen-bond donors (Lipinski definition) is 1. The molecule has 0 fully saturated rings. The second kappa shape index (κ2) is 8.95. The second-order valence-electron chi connectivity index (χ2n) is 6.69. The molecule has 0 aliphatic carbocycles. The Bertz CT molecular complexity index is 912. The van der Waals surface area contributed by atoms with E-state index in [0.29, 0.717) is 0 Å². The molecule has 0 saturated heterocycles. The van der Waals surface area contributed by atoms with Gasteiger partial charge in [-0.2, -0.15) is 0 Å². The van der Waals surface area contributed by atoms with Crippen LogP contribution in [0.15, 0.2) is 85.8 Å². The second-order valence-corrected chi connectivity index (χ2v) is 6.69. The Labute approximate surface area is 161 Å². The van der Waals surface area contributed by atoms with Gasteiger partial charge in [0.1, 0.15) is 5.82 Å². The number of allylic oxidation sites excluding steroid dienone is 2. The lowest BCUT2D eigenvalue weighted by Crippen LogP contribution is -2.00. The molecule has 0 unspecified atom stereocenters. The van der Waals surface area contributed by atoms with E-state index in [9.17, 15) is 0 Å². The first kappa shape index (κ1) is 18.6. The van der Waals surface area contributed by atoms with Crippen LogP contribution in [-0.2, 0) is 6.42 Å². The summed E-state index contributed by atoms with van der Waals surface area (Å²) in [7, 11) is 0. The van der Waals surface area contributed by atoms with Crippen molar-refractivity contribution in [3.8, 4) is 0 Å². The van der Waals surface area contributed by atoms with E-state index >= 15 is 0 Å². The highest BCUT2D eigenvalue weighted by Gasteiger charge is 2.04. The van der Waals surface area contributed by atoms with Crippen LogP contribution < -0.4 is 5.32 Å². The molecule has 0 amide bonds. The van der Waals surface area contributed by atoms with Crippen molar-refractivity contribution in [2.75, 3.05) is 5.32 Å². The molecule has 3 rings (SSSR count). The van der Waals surface area contributed by atoms with Gasteiger partial charge in [0.2, 0.25) is 0 Å². The van der Waals surface area contributed by atoms with Crippen molar-refractivity contribution in [3.63, 3.8) is 0 Å². The number of rotatable bonds is 8. The summed E-state index contributed by atoms with van der Waals surface area (Å²) in [4.78, 5) is 8.54. The molecule has 27 heavy (non-hydrogen) atoms. The Morgan fingerprint density at radius 3 is 2.30 bits per heavy atom. The van der Waals surface area contributed by atoms with Crippen LogP contribution in [0.25, 0.3) is 5.57 Å². The zero-order valence-corrected chi connectivity index (χ0v) is 15.8. The lowest BCUT2D eigenvalue weighted by atomic mass is 9.98. The molecule has 2 aromatic carbocycles. The van der Waals surface area contributed by atoms with E-state index in [1.54, 1.807) is 12.4 Å². The predicted molar refractivity (Wildman–Crippen MR) is 113 cm³/mol.